The van der Waals surface area contributed by atoms with E-state index in [-0.39, 0.29) is 15.5 Å². The molecule has 3 nitrogen and oxygen atoms in total. The van der Waals surface area contributed by atoms with Crippen LogP contribution in [-0.4, -0.2) is 15.0 Å². The molecule has 0 aliphatic carbocycles. The molecule has 2 aromatic rings. The van der Waals surface area contributed by atoms with Crippen LogP contribution in [0, 0.1) is 0 Å². The highest BCUT2D eigenvalue weighted by Crippen LogP contribution is 2.35. The minimum absolute atomic E-state index is 0.0216. The summed E-state index contributed by atoms with van der Waals surface area (Å²) >= 11 is 9.02. The average molecular weight is 369 g/mol. The molecule has 8 heteroatoms. The summed E-state index contributed by atoms with van der Waals surface area (Å²) in [6.07, 6.45) is -2.28. The van der Waals surface area contributed by atoms with Crippen LogP contribution < -0.4 is 0 Å². The third-order valence-electron chi connectivity index (χ3n) is 2.70. The lowest BCUT2D eigenvalue weighted by Crippen LogP contribution is -2.11. The van der Waals surface area contributed by atoms with Gasteiger partial charge in [0.25, 0.3) is 0 Å². The van der Waals surface area contributed by atoms with Crippen molar-refractivity contribution in [1.29, 1.82) is 0 Å². The quantitative estimate of drug-likeness (QED) is 0.730. The van der Waals surface area contributed by atoms with E-state index < -0.39 is 11.7 Å². The van der Waals surface area contributed by atoms with Gasteiger partial charge in [0.1, 0.15) is 0 Å². The van der Waals surface area contributed by atoms with E-state index in [2.05, 4.69) is 26.2 Å². The first-order valence-corrected chi connectivity index (χ1v) is 7.05. The van der Waals surface area contributed by atoms with Crippen molar-refractivity contribution in [2.45, 2.75) is 24.3 Å². The molecule has 0 aliphatic heterocycles. The fraction of sp³-hybridized carbons (Fsp3) is 0.333. The Morgan fingerprint density at radius 2 is 2.10 bits per heavy atom. The monoisotopic (exact) mass is 367 g/mol. The maximum absolute atomic E-state index is 13.0. The van der Waals surface area contributed by atoms with Crippen molar-refractivity contribution in [2.75, 3.05) is 0 Å². The molecule has 0 radical (unpaired) electrons. The Labute approximate surface area is 126 Å². The van der Waals surface area contributed by atoms with Crippen LogP contribution in [0.4, 0.5) is 13.2 Å². The smallest absolute Gasteiger partial charge is 0.220 e. The fourth-order valence-corrected chi connectivity index (χ4v) is 2.06. The molecule has 0 aliphatic rings. The van der Waals surface area contributed by atoms with Gasteiger partial charge < -0.3 is 0 Å². The zero-order valence-corrected chi connectivity index (χ0v) is 12.7. The third-order valence-corrected chi connectivity index (χ3v) is 4.05. The normalized spacial score (nSPS) is 13.5. The lowest BCUT2D eigenvalue weighted by molar-refractivity contribution is -0.137. The van der Waals surface area contributed by atoms with Crippen LogP contribution in [0.1, 0.15) is 29.4 Å². The van der Waals surface area contributed by atoms with Gasteiger partial charge in [0, 0.05) is 5.02 Å². The zero-order chi connectivity index (χ0) is 14.9. The first-order chi connectivity index (χ1) is 9.32. The van der Waals surface area contributed by atoms with Gasteiger partial charge in [-0.2, -0.15) is 13.2 Å². The highest BCUT2D eigenvalue weighted by Gasteiger charge is 2.34. The Morgan fingerprint density at radius 3 is 2.70 bits per heavy atom. The molecule has 1 aromatic heterocycles. The predicted octanol–water partition coefficient (Wildman–Crippen LogP) is 4.79. The maximum Gasteiger partial charge on any atom is 0.418 e. The summed E-state index contributed by atoms with van der Waals surface area (Å²) in [6, 6.07) is 3.54. The van der Waals surface area contributed by atoms with E-state index in [1.54, 1.807) is 0 Å². The van der Waals surface area contributed by atoms with Crippen molar-refractivity contribution in [1.82, 2.24) is 15.0 Å². The fourth-order valence-electron chi connectivity index (χ4n) is 1.68. The minimum atomic E-state index is -4.51. The van der Waals surface area contributed by atoms with Crippen molar-refractivity contribution < 1.29 is 13.2 Å². The number of benzene rings is 1. The number of halogens is 5. The molecular weight excluding hydrogens is 359 g/mol. The molecule has 0 N–H and O–H groups in total. The van der Waals surface area contributed by atoms with Gasteiger partial charge in [-0.15, -0.1) is 5.10 Å². The van der Waals surface area contributed by atoms with E-state index in [4.69, 9.17) is 11.6 Å². The van der Waals surface area contributed by atoms with Gasteiger partial charge in [0.15, 0.2) is 0 Å². The molecular formula is C12H10BrClF3N3. The molecule has 20 heavy (non-hydrogen) atoms. The minimum Gasteiger partial charge on any atom is -0.220 e. The molecule has 0 bridgehead atoms. The first kappa shape index (κ1) is 15.3. The van der Waals surface area contributed by atoms with E-state index in [1.165, 1.54) is 18.3 Å². The molecule has 0 fully saturated rings. The summed E-state index contributed by atoms with van der Waals surface area (Å²) in [5.74, 6) is 0. The van der Waals surface area contributed by atoms with Crippen LogP contribution in [0.15, 0.2) is 24.4 Å². The van der Waals surface area contributed by atoms with E-state index in [0.717, 1.165) is 17.2 Å². The Hall–Kier alpha value is -1.08. The van der Waals surface area contributed by atoms with Crippen LogP contribution in [0.2, 0.25) is 5.02 Å². The Morgan fingerprint density at radius 1 is 1.40 bits per heavy atom. The summed E-state index contributed by atoms with van der Waals surface area (Å²) < 4.78 is 40.2. The summed E-state index contributed by atoms with van der Waals surface area (Å²) in [4.78, 5) is -0.0436. The first-order valence-electron chi connectivity index (χ1n) is 5.76. The highest BCUT2D eigenvalue weighted by molar-refractivity contribution is 9.09. The standard InChI is InChI=1S/C12H10BrClF3N3/c1-2-9(13)10-6-20(19-18-10)11-4-3-7(14)5-8(11)12(15,16)17/h3-6,9H,2H2,1H3. The van der Waals surface area contributed by atoms with Crippen LogP contribution in [-0.2, 0) is 6.18 Å². The maximum atomic E-state index is 13.0. The number of nitrogens with zero attached hydrogens (tertiary/aromatic N) is 3. The highest BCUT2D eigenvalue weighted by atomic mass is 79.9. The van der Waals surface area contributed by atoms with Crippen LogP contribution in [0.5, 0.6) is 0 Å². The number of rotatable bonds is 3. The van der Waals surface area contributed by atoms with Gasteiger partial charge in [-0.05, 0) is 24.6 Å². The van der Waals surface area contributed by atoms with Gasteiger partial charge >= 0.3 is 6.18 Å². The Kier molecular flexibility index (Phi) is 4.39. The Bertz CT molecular complexity index is 612. The second-order valence-corrected chi connectivity index (χ2v) is 5.66. The zero-order valence-electron chi connectivity index (χ0n) is 10.3. The van der Waals surface area contributed by atoms with Gasteiger partial charge in [-0.3, -0.25) is 0 Å². The molecule has 1 heterocycles. The molecule has 0 amide bonds. The molecule has 108 valence electrons. The molecule has 1 aromatic carbocycles. The average Bonchev–Trinajstić information content (AvgIpc) is 2.86. The lowest BCUT2D eigenvalue weighted by atomic mass is 10.1. The largest absolute Gasteiger partial charge is 0.418 e. The van der Waals surface area contributed by atoms with Crippen LogP contribution in [0.25, 0.3) is 5.69 Å². The topological polar surface area (TPSA) is 30.7 Å². The third kappa shape index (κ3) is 3.15. The van der Waals surface area contributed by atoms with Crippen molar-refractivity contribution in [3.8, 4) is 5.69 Å². The second-order valence-electron chi connectivity index (χ2n) is 4.12. The van der Waals surface area contributed by atoms with Crippen LogP contribution in [0.3, 0.4) is 0 Å². The van der Waals surface area contributed by atoms with E-state index in [9.17, 15) is 13.2 Å². The molecule has 1 unspecified atom stereocenters. The molecule has 0 saturated heterocycles. The number of hydrogen-bond donors (Lipinski definition) is 0. The number of alkyl halides is 4. The van der Waals surface area contributed by atoms with E-state index in [1.807, 2.05) is 6.92 Å². The van der Waals surface area contributed by atoms with Gasteiger partial charge in [0.2, 0.25) is 0 Å². The van der Waals surface area contributed by atoms with E-state index >= 15 is 0 Å². The summed E-state index contributed by atoms with van der Waals surface area (Å²) in [5, 5.41) is 7.65. The molecule has 0 spiro atoms. The Balaban J connectivity index is 2.50. The van der Waals surface area contributed by atoms with Crippen LogP contribution >= 0.6 is 27.5 Å². The number of aromatic nitrogens is 3. The van der Waals surface area contributed by atoms with Crippen molar-refractivity contribution in [2.24, 2.45) is 0 Å². The SMILES string of the molecule is CCC(Br)c1cn(-c2ccc(Cl)cc2C(F)(F)F)nn1. The summed E-state index contributed by atoms with van der Waals surface area (Å²) in [6.45, 7) is 1.93. The van der Waals surface area contributed by atoms with Crippen molar-refractivity contribution in [3.63, 3.8) is 0 Å². The molecule has 1 atom stereocenters. The van der Waals surface area contributed by atoms with Gasteiger partial charge in [-0.25, -0.2) is 4.68 Å². The van der Waals surface area contributed by atoms with E-state index in [0.29, 0.717) is 5.69 Å². The van der Waals surface area contributed by atoms with Crippen molar-refractivity contribution >= 4 is 27.5 Å². The lowest BCUT2D eigenvalue weighted by Gasteiger charge is -2.12. The molecule has 2 rings (SSSR count). The van der Waals surface area contributed by atoms with Gasteiger partial charge in [0.05, 0.1) is 28.0 Å². The predicted molar refractivity (Wildman–Crippen MR) is 73.3 cm³/mol. The summed E-state index contributed by atoms with van der Waals surface area (Å²) in [5.41, 5.74) is -0.365. The van der Waals surface area contributed by atoms with Crippen molar-refractivity contribution in [3.05, 3.63) is 40.7 Å². The summed E-state index contributed by atoms with van der Waals surface area (Å²) in [7, 11) is 0. The number of hydrogen-bond acceptors (Lipinski definition) is 2. The molecule has 0 saturated carbocycles. The second kappa shape index (κ2) is 5.73. The van der Waals surface area contributed by atoms with Gasteiger partial charge in [-0.1, -0.05) is 39.7 Å².